The molecule has 0 bridgehead atoms. The number of carbonyl (C=O) groups is 1. The van der Waals surface area contributed by atoms with Gasteiger partial charge in [-0.1, -0.05) is 0 Å². The number of rotatable bonds is 9. The number of halogens is 1. The molecule has 0 spiro atoms. The second-order valence-corrected chi connectivity index (χ2v) is 4.51. The van der Waals surface area contributed by atoms with Gasteiger partial charge in [-0.25, -0.2) is 9.18 Å². The van der Waals surface area contributed by atoms with Crippen LogP contribution in [0.4, 0.5) is 4.39 Å². The maximum atomic E-state index is 13.4. The van der Waals surface area contributed by atoms with E-state index in [1.165, 1.54) is 6.07 Å². The number of aromatic carboxylic acids is 1. The monoisotopic (exact) mass is 302 g/mol. The van der Waals surface area contributed by atoms with E-state index < -0.39 is 23.5 Å². The van der Waals surface area contributed by atoms with Gasteiger partial charge < -0.3 is 24.4 Å². The van der Waals surface area contributed by atoms with Crippen molar-refractivity contribution in [3.63, 3.8) is 0 Å². The van der Waals surface area contributed by atoms with E-state index in [9.17, 15) is 14.3 Å². The number of methoxy groups -OCH3 is 1. The second kappa shape index (κ2) is 8.56. The Hall–Kier alpha value is -1.70. The molecule has 0 amide bonds. The number of aliphatic hydroxyl groups excluding tert-OH is 1. The van der Waals surface area contributed by atoms with Crippen molar-refractivity contribution in [2.75, 3.05) is 26.9 Å². The van der Waals surface area contributed by atoms with E-state index in [4.69, 9.17) is 19.3 Å². The molecule has 0 aliphatic carbocycles. The topological polar surface area (TPSA) is 85.2 Å². The normalized spacial score (nSPS) is 13.7. The van der Waals surface area contributed by atoms with Crippen LogP contribution in [0.3, 0.4) is 0 Å². The maximum absolute atomic E-state index is 13.4. The van der Waals surface area contributed by atoms with Crippen molar-refractivity contribution >= 4 is 5.97 Å². The Morgan fingerprint density at radius 1 is 1.33 bits per heavy atom. The first kappa shape index (κ1) is 17.4. The molecule has 6 nitrogen and oxygen atoms in total. The highest BCUT2D eigenvalue weighted by Gasteiger charge is 2.12. The minimum atomic E-state index is -1.35. The van der Waals surface area contributed by atoms with E-state index in [-0.39, 0.29) is 25.1 Å². The summed E-state index contributed by atoms with van der Waals surface area (Å²) in [5.74, 6) is -2.10. The molecule has 118 valence electrons. The molecule has 1 rings (SSSR count). The standard InChI is InChI=1S/C14H19FO6/c1-9(6-19-2)20-7-10(16)8-21-11-3-4-12(14(17)18)13(15)5-11/h3-5,9-10,16H,6-8H2,1-2H3,(H,17,18). The molecule has 0 aromatic heterocycles. The number of hydrogen-bond donors (Lipinski definition) is 2. The summed E-state index contributed by atoms with van der Waals surface area (Å²) in [6.45, 7) is 2.18. The fraction of sp³-hybridized carbons (Fsp3) is 0.500. The van der Waals surface area contributed by atoms with E-state index in [0.717, 1.165) is 12.1 Å². The van der Waals surface area contributed by atoms with E-state index >= 15 is 0 Å². The number of carboxylic acids is 1. The summed E-state index contributed by atoms with van der Waals surface area (Å²) in [7, 11) is 1.55. The average molecular weight is 302 g/mol. The van der Waals surface area contributed by atoms with Crippen LogP contribution >= 0.6 is 0 Å². The molecule has 0 fully saturated rings. The van der Waals surface area contributed by atoms with Gasteiger partial charge in [0.15, 0.2) is 0 Å². The third-order valence-electron chi connectivity index (χ3n) is 2.59. The van der Waals surface area contributed by atoms with Gasteiger partial charge in [0.1, 0.15) is 24.3 Å². The predicted molar refractivity (Wildman–Crippen MR) is 72.2 cm³/mol. The van der Waals surface area contributed by atoms with E-state index in [2.05, 4.69) is 0 Å². The summed E-state index contributed by atoms with van der Waals surface area (Å²) in [6.07, 6.45) is -1.04. The van der Waals surface area contributed by atoms with Gasteiger partial charge in [0.05, 0.1) is 24.9 Å². The number of ether oxygens (including phenoxy) is 3. The summed E-state index contributed by atoms with van der Waals surface area (Å²) < 4.78 is 28.8. The Balaban J connectivity index is 2.41. The molecule has 0 saturated carbocycles. The largest absolute Gasteiger partial charge is 0.491 e. The summed E-state index contributed by atoms with van der Waals surface area (Å²) >= 11 is 0. The Kier molecular flexibility index (Phi) is 7.07. The quantitative estimate of drug-likeness (QED) is 0.715. The van der Waals surface area contributed by atoms with Gasteiger partial charge in [0.25, 0.3) is 0 Å². The molecule has 2 unspecified atom stereocenters. The highest BCUT2D eigenvalue weighted by atomic mass is 19.1. The van der Waals surface area contributed by atoms with Crippen molar-refractivity contribution < 1.29 is 33.6 Å². The van der Waals surface area contributed by atoms with Gasteiger partial charge in [0.2, 0.25) is 0 Å². The molecule has 2 N–H and O–H groups in total. The van der Waals surface area contributed by atoms with Crippen LogP contribution in [-0.2, 0) is 9.47 Å². The Labute approximate surface area is 122 Å². The third kappa shape index (κ3) is 6.07. The SMILES string of the molecule is COCC(C)OCC(O)COc1ccc(C(=O)O)c(F)c1. The highest BCUT2D eigenvalue weighted by Crippen LogP contribution is 2.17. The molecule has 1 aromatic carbocycles. The zero-order valence-electron chi connectivity index (χ0n) is 11.9. The molecular weight excluding hydrogens is 283 g/mol. The van der Waals surface area contributed by atoms with Gasteiger partial charge in [-0.15, -0.1) is 0 Å². The van der Waals surface area contributed by atoms with Crippen LogP contribution in [-0.4, -0.2) is 55.3 Å². The highest BCUT2D eigenvalue weighted by molar-refractivity contribution is 5.88. The lowest BCUT2D eigenvalue weighted by molar-refractivity contribution is -0.0423. The van der Waals surface area contributed by atoms with Crippen LogP contribution in [0.5, 0.6) is 5.75 Å². The van der Waals surface area contributed by atoms with Crippen molar-refractivity contribution in [3.8, 4) is 5.75 Å². The molecule has 0 aliphatic heterocycles. The van der Waals surface area contributed by atoms with Gasteiger partial charge in [-0.2, -0.15) is 0 Å². The van der Waals surface area contributed by atoms with E-state index in [1.54, 1.807) is 14.0 Å². The molecule has 0 radical (unpaired) electrons. The number of hydrogen-bond acceptors (Lipinski definition) is 5. The molecule has 0 heterocycles. The Morgan fingerprint density at radius 2 is 2.05 bits per heavy atom. The van der Waals surface area contributed by atoms with Gasteiger partial charge in [-0.3, -0.25) is 0 Å². The van der Waals surface area contributed by atoms with Crippen LogP contribution in [0.1, 0.15) is 17.3 Å². The van der Waals surface area contributed by atoms with Crippen LogP contribution in [0.2, 0.25) is 0 Å². The molecule has 1 aromatic rings. The van der Waals surface area contributed by atoms with Crippen LogP contribution < -0.4 is 4.74 Å². The van der Waals surface area contributed by atoms with Crippen molar-refractivity contribution in [3.05, 3.63) is 29.6 Å². The average Bonchev–Trinajstić information content (AvgIpc) is 2.43. The van der Waals surface area contributed by atoms with Crippen molar-refractivity contribution in [2.24, 2.45) is 0 Å². The molecular formula is C14H19FO6. The molecule has 0 aliphatic rings. The first-order chi connectivity index (χ1) is 9.93. The maximum Gasteiger partial charge on any atom is 0.338 e. The molecule has 2 atom stereocenters. The summed E-state index contributed by atoms with van der Waals surface area (Å²) in [4.78, 5) is 10.7. The molecule has 0 saturated heterocycles. The minimum Gasteiger partial charge on any atom is -0.491 e. The van der Waals surface area contributed by atoms with Crippen molar-refractivity contribution in [1.82, 2.24) is 0 Å². The zero-order valence-corrected chi connectivity index (χ0v) is 11.9. The van der Waals surface area contributed by atoms with Crippen LogP contribution in [0, 0.1) is 5.82 Å². The first-order valence-corrected chi connectivity index (χ1v) is 6.38. The van der Waals surface area contributed by atoms with E-state index in [0.29, 0.717) is 6.61 Å². The van der Waals surface area contributed by atoms with Crippen LogP contribution in [0.25, 0.3) is 0 Å². The smallest absolute Gasteiger partial charge is 0.338 e. The number of benzene rings is 1. The second-order valence-electron chi connectivity index (χ2n) is 4.51. The van der Waals surface area contributed by atoms with Crippen molar-refractivity contribution in [2.45, 2.75) is 19.1 Å². The van der Waals surface area contributed by atoms with Gasteiger partial charge >= 0.3 is 5.97 Å². The lowest BCUT2D eigenvalue weighted by atomic mass is 10.2. The lowest BCUT2D eigenvalue weighted by Gasteiger charge is -2.16. The zero-order chi connectivity index (χ0) is 15.8. The summed E-state index contributed by atoms with van der Waals surface area (Å²) in [5, 5.41) is 18.4. The van der Waals surface area contributed by atoms with Gasteiger partial charge in [-0.05, 0) is 19.1 Å². The fourth-order valence-electron chi connectivity index (χ4n) is 1.56. The summed E-state index contributed by atoms with van der Waals surface area (Å²) in [5.41, 5.74) is -0.431. The van der Waals surface area contributed by atoms with E-state index in [1.807, 2.05) is 0 Å². The molecule has 7 heteroatoms. The summed E-state index contributed by atoms with van der Waals surface area (Å²) in [6, 6.07) is 3.40. The Bertz CT molecular complexity index is 465. The Morgan fingerprint density at radius 3 is 2.62 bits per heavy atom. The fourth-order valence-corrected chi connectivity index (χ4v) is 1.56. The minimum absolute atomic E-state index is 0.0558. The van der Waals surface area contributed by atoms with Crippen molar-refractivity contribution in [1.29, 1.82) is 0 Å². The first-order valence-electron chi connectivity index (χ1n) is 6.38. The lowest BCUT2D eigenvalue weighted by Crippen LogP contribution is -2.27. The predicted octanol–water partition coefficient (Wildman–Crippen LogP) is 1.32. The van der Waals surface area contributed by atoms with Crippen LogP contribution in [0.15, 0.2) is 18.2 Å². The third-order valence-corrected chi connectivity index (χ3v) is 2.59. The number of aliphatic hydroxyl groups is 1. The van der Waals surface area contributed by atoms with Gasteiger partial charge in [0, 0.05) is 13.2 Å². The molecule has 21 heavy (non-hydrogen) atoms. The number of carboxylic acid groups (broad SMARTS) is 1.